The molecule has 2 bridgehead atoms. The lowest BCUT2D eigenvalue weighted by Crippen LogP contribution is -2.66. The standard InChI is InChI=1S/C28H31NO6/c1-26-6-4-17-11-18-22(31)23(32)24(33)25(34)28(18)8-7-27(17,35-28)20(26)12-19(30)21(26)15-3-2-14-5-9-29-13-16(14)10-15/h2-5,9-11,13,19-25,30-34H,6-8,12H2,1H3/t19-,20-,21?,22?,23?,24-,25?,26+,27?,28+/m1/s1. The Labute approximate surface area is 203 Å². The molecule has 1 aromatic heterocycles. The van der Waals surface area contributed by atoms with Crippen molar-refractivity contribution in [3.8, 4) is 0 Å². The van der Waals surface area contributed by atoms with Gasteiger partial charge in [-0.1, -0.05) is 31.2 Å². The van der Waals surface area contributed by atoms with Crippen LogP contribution in [0, 0.1) is 11.3 Å². The van der Waals surface area contributed by atoms with E-state index in [-0.39, 0.29) is 17.3 Å². The minimum Gasteiger partial charge on any atom is -0.392 e. The van der Waals surface area contributed by atoms with E-state index in [0.29, 0.717) is 24.8 Å². The fraction of sp³-hybridized carbons (Fsp3) is 0.536. The van der Waals surface area contributed by atoms with Crippen LogP contribution in [0.4, 0.5) is 0 Å². The van der Waals surface area contributed by atoms with Gasteiger partial charge in [0.25, 0.3) is 0 Å². The van der Waals surface area contributed by atoms with Crippen molar-refractivity contribution in [1.29, 1.82) is 0 Å². The van der Waals surface area contributed by atoms with E-state index in [2.05, 4.69) is 36.2 Å². The van der Waals surface area contributed by atoms with Gasteiger partial charge in [0.1, 0.15) is 30.0 Å². The molecule has 7 heteroatoms. The van der Waals surface area contributed by atoms with Gasteiger partial charge in [0.05, 0.1) is 11.7 Å². The van der Waals surface area contributed by atoms with Gasteiger partial charge in [-0.05, 0) is 65.3 Å². The van der Waals surface area contributed by atoms with Crippen molar-refractivity contribution in [3.05, 3.63) is 65.5 Å². The molecule has 10 atom stereocenters. The Kier molecular flexibility index (Phi) is 4.42. The largest absolute Gasteiger partial charge is 0.392 e. The van der Waals surface area contributed by atoms with Crippen LogP contribution in [-0.4, -0.2) is 72.2 Å². The van der Waals surface area contributed by atoms with Crippen molar-refractivity contribution in [2.24, 2.45) is 11.3 Å². The van der Waals surface area contributed by atoms with E-state index in [1.165, 1.54) is 0 Å². The molecule has 1 aromatic carbocycles. The summed E-state index contributed by atoms with van der Waals surface area (Å²) in [5.74, 6) is -0.103. The lowest BCUT2D eigenvalue weighted by Gasteiger charge is -2.56. The van der Waals surface area contributed by atoms with Crippen molar-refractivity contribution in [2.45, 2.75) is 80.2 Å². The third kappa shape index (κ3) is 2.59. The summed E-state index contributed by atoms with van der Waals surface area (Å²) in [5.41, 5.74) is 0.254. The van der Waals surface area contributed by atoms with Gasteiger partial charge in [-0.25, -0.2) is 0 Å². The Bertz CT molecular complexity index is 1290. The quantitative estimate of drug-likeness (QED) is 0.424. The van der Waals surface area contributed by atoms with Crippen molar-refractivity contribution in [3.63, 3.8) is 0 Å². The van der Waals surface area contributed by atoms with Gasteiger partial charge >= 0.3 is 0 Å². The summed E-state index contributed by atoms with van der Waals surface area (Å²) in [4.78, 5) is 4.26. The Morgan fingerprint density at radius 3 is 2.60 bits per heavy atom. The molecule has 7 nitrogen and oxygen atoms in total. The monoisotopic (exact) mass is 477 g/mol. The summed E-state index contributed by atoms with van der Waals surface area (Å²) in [6.45, 7) is 2.23. The summed E-state index contributed by atoms with van der Waals surface area (Å²) in [7, 11) is 0. The number of aliphatic hydroxyl groups is 5. The van der Waals surface area contributed by atoms with Crippen LogP contribution in [0.15, 0.2) is 60.0 Å². The number of ether oxygens (including phenoxy) is 1. The summed E-state index contributed by atoms with van der Waals surface area (Å²) >= 11 is 0. The minimum absolute atomic E-state index is 0.00916. The summed E-state index contributed by atoms with van der Waals surface area (Å²) in [6.07, 6.45) is 3.88. The molecule has 2 aromatic rings. The molecule has 35 heavy (non-hydrogen) atoms. The van der Waals surface area contributed by atoms with Crippen LogP contribution in [0.1, 0.15) is 44.1 Å². The minimum atomic E-state index is -1.49. The highest BCUT2D eigenvalue weighted by molar-refractivity contribution is 5.82. The van der Waals surface area contributed by atoms with Gasteiger partial charge in [0, 0.05) is 29.6 Å². The van der Waals surface area contributed by atoms with Gasteiger partial charge in [0.2, 0.25) is 0 Å². The molecule has 0 amide bonds. The number of pyridine rings is 1. The van der Waals surface area contributed by atoms with Crippen LogP contribution in [0.3, 0.4) is 0 Å². The van der Waals surface area contributed by atoms with Gasteiger partial charge in [-0.3, -0.25) is 4.98 Å². The average molecular weight is 478 g/mol. The number of aliphatic hydroxyl groups excluding tert-OH is 5. The predicted octanol–water partition coefficient (Wildman–Crippen LogP) is 1.72. The lowest BCUT2D eigenvalue weighted by molar-refractivity contribution is -0.227. The number of hydrogen-bond acceptors (Lipinski definition) is 7. The fourth-order valence-corrected chi connectivity index (χ4v) is 8.37. The Balaban J connectivity index is 1.34. The van der Waals surface area contributed by atoms with E-state index in [1.54, 1.807) is 6.20 Å². The SMILES string of the molecule is C[C@]12CC=C3C=C4C(O)C(O)[C@@H](O)C(O)[C@]45CCC3(O5)[C@@H]1C[C@@H](O)C2c1ccc2ccncc2c1. The molecule has 1 saturated heterocycles. The molecule has 0 radical (unpaired) electrons. The zero-order valence-corrected chi connectivity index (χ0v) is 19.6. The molecule has 5 N–H and O–H groups in total. The highest BCUT2D eigenvalue weighted by Crippen LogP contribution is 2.69. The molecule has 5 aliphatic rings. The van der Waals surface area contributed by atoms with Crippen molar-refractivity contribution in [1.82, 2.24) is 4.98 Å². The third-order valence-electron chi connectivity index (χ3n) is 10.0. The van der Waals surface area contributed by atoms with E-state index in [1.807, 2.05) is 18.3 Å². The van der Waals surface area contributed by atoms with E-state index in [9.17, 15) is 25.5 Å². The van der Waals surface area contributed by atoms with Crippen LogP contribution in [0.2, 0.25) is 0 Å². The van der Waals surface area contributed by atoms with E-state index in [0.717, 1.165) is 28.3 Å². The second-order valence-corrected chi connectivity index (χ2v) is 11.5. The highest BCUT2D eigenvalue weighted by Gasteiger charge is 2.71. The molecule has 5 unspecified atom stereocenters. The van der Waals surface area contributed by atoms with Crippen LogP contribution in [0.5, 0.6) is 0 Å². The number of rotatable bonds is 1. The first-order valence-corrected chi connectivity index (χ1v) is 12.6. The topological polar surface area (TPSA) is 123 Å². The summed E-state index contributed by atoms with van der Waals surface area (Å²) in [6, 6.07) is 8.31. The maximum Gasteiger partial charge on any atom is 0.122 e. The van der Waals surface area contributed by atoms with Gasteiger partial charge in [-0.15, -0.1) is 0 Å². The normalized spacial score (nSPS) is 48.1. The third-order valence-corrected chi connectivity index (χ3v) is 10.0. The fourth-order valence-electron chi connectivity index (χ4n) is 8.37. The average Bonchev–Trinajstić information content (AvgIpc) is 3.34. The van der Waals surface area contributed by atoms with Crippen molar-refractivity contribution >= 4 is 10.8 Å². The Morgan fingerprint density at radius 1 is 0.971 bits per heavy atom. The molecule has 2 spiro atoms. The van der Waals surface area contributed by atoms with E-state index >= 15 is 0 Å². The maximum atomic E-state index is 11.5. The molecule has 3 heterocycles. The number of allylic oxidation sites excluding steroid dienone is 1. The van der Waals surface area contributed by atoms with Crippen molar-refractivity contribution in [2.75, 3.05) is 0 Å². The number of fused-ring (bicyclic) bond motifs is 2. The second-order valence-electron chi connectivity index (χ2n) is 11.5. The van der Waals surface area contributed by atoms with E-state index < -0.39 is 41.7 Å². The molecule has 2 aliphatic heterocycles. The lowest BCUT2D eigenvalue weighted by atomic mass is 9.58. The zero-order valence-electron chi connectivity index (χ0n) is 19.6. The molecule has 2 saturated carbocycles. The van der Waals surface area contributed by atoms with Crippen molar-refractivity contribution < 1.29 is 30.3 Å². The first kappa shape index (κ1) is 22.1. The summed E-state index contributed by atoms with van der Waals surface area (Å²) in [5, 5.41) is 56.3. The smallest absolute Gasteiger partial charge is 0.122 e. The van der Waals surface area contributed by atoms with Crippen LogP contribution in [0.25, 0.3) is 10.8 Å². The number of aromatic nitrogens is 1. The molecular formula is C28H31NO6. The first-order valence-electron chi connectivity index (χ1n) is 12.6. The van der Waals surface area contributed by atoms with Crippen LogP contribution < -0.4 is 0 Å². The van der Waals surface area contributed by atoms with E-state index in [4.69, 9.17) is 4.74 Å². The van der Waals surface area contributed by atoms with Crippen LogP contribution >= 0.6 is 0 Å². The number of hydrogen-bond donors (Lipinski definition) is 5. The predicted molar refractivity (Wildman–Crippen MR) is 127 cm³/mol. The Hall–Kier alpha value is -2.13. The van der Waals surface area contributed by atoms with Crippen LogP contribution in [-0.2, 0) is 4.74 Å². The molecule has 3 aliphatic carbocycles. The second kappa shape index (κ2) is 7.00. The zero-order chi connectivity index (χ0) is 24.3. The number of benzene rings is 1. The first-order chi connectivity index (χ1) is 16.7. The maximum absolute atomic E-state index is 11.5. The Morgan fingerprint density at radius 2 is 1.77 bits per heavy atom. The van der Waals surface area contributed by atoms with Gasteiger partial charge < -0.3 is 30.3 Å². The summed E-state index contributed by atoms with van der Waals surface area (Å²) < 4.78 is 6.82. The van der Waals surface area contributed by atoms with Gasteiger partial charge in [-0.2, -0.15) is 0 Å². The van der Waals surface area contributed by atoms with Gasteiger partial charge in [0.15, 0.2) is 0 Å². The molecule has 184 valence electrons. The molecule has 7 rings (SSSR count). The highest BCUT2D eigenvalue weighted by atomic mass is 16.6. The number of nitrogens with zero attached hydrogens (tertiary/aromatic N) is 1. The molecular weight excluding hydrogens is 446 g/mol. The molecule has 3 fully saturated rings.